The first-order valence-electron chi connectivity index (χ1n) is 8.45. The Kier molecular flexibility index (Phi) is 4.45. The molecule has 0 unspecified atom stereocenters. The van der Waals surface area contributed by atoms with Crippen LogP contribution in [0.25, 0.3) is 16.9 Å². The van der Waals surface area contributed by atoms with E-state index >= 15 is 0 Å². The van der Waals surface area contributed by atoms with Crippen molar-refractivity contribution in [1.82, 2.24) is 9.78 Å². The Morgan fingerprint density at radius 3 is 2.63 bits per heavy atom. The smallest absolute Gasteiger partial charge is 0.359 e. The van der Waals surface area contributed by atoms with Gasteiger partial charge in [0.15, 0.2) is 5.69 Å². The van der Waals surface area contributed by atoms with Crippen molar-refractivity contribution < 1.29 is 19.4 Å². The van der Waals surface area contributed by atoms with E-state index in [2.05, 4.69) is 5.10 Å². The van der Waals surface area contributed by atoms with E-state index < -0.39 is 11.9 Å². The number of carbonyl (C=O) groups is 2. The molecule has 2 heterocycles. The summed E-state index contributed by atoms with van der Waals surface area (Å²) in [6.07, 6.45) is 0. The van der Waals surface area contributed by atoms with Crippen LogP contribution in [0.15, 0.2) is 53.4 Å². The van der Waals surface area contributed by atoms with Gasteiger partial charge in [0, 0.05) is 21.8 Å². The van der Waals surface area contributed by atoms with Crippen molar-refractivity contribution in [3.63, 3.8) is 0 Å². The SMILES string of the molecule is CCOC(=O)c1nn(-c2ccc(C(=O)O)cc2)c2c1CSc1ccccc1-2. The van der Waals surface area contributed by atoms with Gasteiger partial charge < -0.3 is 9.84 Å². The van der Waals surface area contributed by atoms with Crippen LogP contribution in [0.4, 0.5) is 0 Å². The molecule has 2 aromatic carbocycles. The number of rotatable bonds is 4. The van der Waals surface area contributed by atoms with Crippen LogP contribution in [0, 0.1) is 0 Å². The van der Waals surface area contributed by atoms with E-state index in [0.29, 0.717) is 17.1 Å². The molecule has 6 nitrogen and oxygen atoms in total. The van der Waals surface area contributed by atoms with Crippen molar-refractivity contribution in [2.24, 2.45) is 0 Å². The van der Waals surface area contributed by atoms with E-state index in [4.69, 9.17) is 9.84 Å². The zero-order chi connectivity index (χ0) is 19.0. The number of nitrogens with zero attached hydrogens (tertiary/aromatic N) is 2. The number of hydrogen-bond donors (Lipinski definition) is 1. The second kappa shape index (κ2) is 6.92. The van der Waals surface area contributed by atoms with Crippen LogP contribution < -0.4 is 0 Å². The number of carboxylic acid groups (broad SMARTS) is 1. The lowest BCUT2D eigenvalue weighted by Gasteiger charge is -2.18. The quantitative estimate of drug-likeness (QED) is 0.689. The molecule has 1 N–H and O–H groups in total. The number of thioether (sulfide) groups is 1. The molecule has 0 spiro atoms. The van der Waals surface area contributed by atoms with Gasteiger partial charge in [-0.05, 0) is 37.3 Å². The van der Waals surface area contributed by atoms with Gasteiger partial charge in [-0.3, -0.25) is 0 Å². The van der Waals surface area contributed by atoms with Crippen molar-refractivity contribution >= 4 is 23.7 Å². The van der Waals surface area contributed by atoms with Crippen LogP contribution in [0.1, 0.15) is 33.3 Å². The molecule has 4 rings (SSSR count). The Morgan fingerprint density at radius 2 is 1.93 bits per heavy atom. The fourth-order valence-electron chi connectivity index (χ4n) is 3.10. The summed E-state index contributed by atoms with van der Waals surface area (Å²) < 4.78 is 6.88. The molecule has 1 aliphatic rings. The van der Waals surface area contributed by atoms with Crippen LogP contribution >= 0.6 is 11.8 Å². The molecule has 0 saturated carbocycles. The standard InChI is InChI=1S/C20H16N2O4S/c1-2-26-20(25)17-15-11-27-16-6-4-3-5-14(16)18(15)22(21-17)13-9-7-12(8-10-13)19(23)24/h3-10H,2,11H2,1H3,(H,23,24). The van der Waals surface area contributed by atoms with Crippen LogP contribution in [-0.2, 0) is 10.5 Å². The third kappa shape index (κ3) is 3.00. The molecular weight excluding hydrogens is 364 g/mol. The number of aromatic nitrogens is 2. The number of aromatic carboxylic acids is 1. The summed E-state index contributed by atoms with van der Waals surface area (Å²) in [5.41, 5.74) is 3.86. The Morgan fingerprint density at radius 1 is 1.19 bits per heavy atom. The van der Waals surface area contributed by atoms with Gasteiger partial charge >= 0.3 is 11.9 Å². The topological polar surface area (TPSA) is 81.4 Å². The van der Waals surface area contributed by atoms with Crippen molar-refractivity contribution in [2.45, 2.75) is 17.6 Å². The number of fused-ring (bicyclic) bond motifs is 3. The average Bonchev–Trinajstić information content (AvgIpc) is 3.08. The second-order valence-electron chi connectivity index (χ2n) is 5.94. The highest BCUT2D eigenvalue weighted by atomic mass is 32.2. The lowest BCUT2D eigenvalue weighted by Crippen LogP contribution is -2.08. The van der Waals surface area contributed by atoms with Gasteiger partial charge in [0.2, 0.25) is 0 Å². The number of esters is 1. The first-order valence-corrected chi connectivity index (χ1v) is 9.43. The molecule has 1 aliphatic heterocycles. The van der Waals surface area contributed by atoms with Gasteiger partial charge in [0.05, 0.1) is 23.6 Å². The second-order valence-corrected chi connectivity index (χ2v) is 6.96. The fraction of sp³-hybridized carbons (Fsp3) is 0.150. The summed E-state index contributed by atoms with van der Waals surface area (Å²) in [4.78, 5) is 24.7. The monoisotopic (exact) mass is 380 g/mol. The maximum absolute atomic E-state index is 12.4. The van der Waals surface area contributed by atoms with E-state index in [1.165, 1.54) is 12.1 Å². The van der Waals surface area contributed by atoms with E-state index in [0.717, 1.165) is 21.7 Å². The van der Waals surface area contributed by atoms with Crippen LogP contribution in [0.5, 0.6) is 0 Å². The Bertz CT molecular complexity index is 1040. The molecule has 0 atom stereocenters. The van der Waals surface area contributed by atoms with Crippen molar-refractivity contribution in [3.8, 4) is 16.9 Å². The summed E-state index contributed by atoms with van der Waals surface area (Å²) in [6, 6.07) is 14.4. The van der Waals surface area contributed by atoms with Gasteiger partial charge in [-0.1, -0.05) is 18.2 Å². The third-order valence-corrected chi connectivity index (χ3v) is 5.43. The minimum atomic E-state index is -0.988. The molecule has 27 heavy (non-hydrogen) atoms. The Labute approximate surface area is 159 Å². The number of ether oxygens (including phenoxy) is 1. The van der Waals surface area contributed by atoms with Gasteiger partial charge in [0.1, 0.15) is 0 Å². The zero-order valence-electron chi connectivity index (χ0n) is 14.5. The highest BCUT2D eigenvalue weighted by Gasteiger charge is 2.29. The van der Waals surface area contributed by atoms with E-state index in [1.54, 1.807) is 35.5 Å². The van der Waals surface area contributed by atoms with Crippen LogP contribution in [-0.4, -0.2) is 33.4 Å². The maximum Gasteiger partial charge on any atom is 0.359 e. The number of hydrogen-bond acceptors (Lipinski definition) is 5. The fourth-order valence-corrected chi connectivity index (χ4v) is 4.17. The predicted molar refractivity (Wildman–Crippen MR) is 101 cm³/mol. The molecule has 0 fully saturated rings. The largest absolute Gasteiger partial charge is 0.478 e. The molecular formula is C20H16N2O4S. The lowest BCUT2D eigenvalue weighted by molar-refractivity contribution is 0.0517. The van der Waals surface area contributed by atoms with E-state index in [1.807, 2.05) is 24.3 Å². The van der Waals surface area contributed by atoms with Crippen molar-refractivity contribution in [2.75, 3.05) is 6.61 Å². The molecule has 1 aromatic heterocycles. The van der Waals surface area contributed by atoms with Gasteiger partial charge in [-0.2, -0.15) is 5.10 Å². The predicted octanol–water partition coefficient (Wildman–Crippen LogP) is 4.02. The molecule has 3 aromatic rings. The minimum absolute atomic E-state index is 0.196. The van der Waals surface area contributed by atoms with Crippen LogP contribution in [0.3, 0.4) is 0 Å². The lowest BCUT2D eigenvalue weighted by atomic mass is 10.1. The Hall–Kier alpha value is -3.06. The number of benzene rings is 2. The normalized spacial score (nSPS) is 12.2. The highest BCUT2D eigenvalue weighted by Crippen LogP contribution is 2.43. The molecule has 7 heteroatoms. The summed E-state index contributed by atoms with van der Waals surface area (Å²) in [5.74, 6) is -0.819. The molecule has 0 aliphatic carbocycles. The zero-order valence-corrected chi connectivity index (χ0v) is 15.3. The molecule has 0 bridgehead atoms. The highest BCUT2D eigenvalue weighted by molar-refractivity contribution is 7.98. The third-order valence-electron chi connectivity index (χ3n) is 4.33. The van der Waals surface area contributed by atoms with Gasteiger partial charge in [0.25, 0.3) is 0 Å². The summed E-state index contributed by atoms with van der Waals surface area (Å²) in [6.45, 7) is 2.04. The average molecular weight is 380 g/mol. The van der Waals surface area contributed by atoms with Gasteiger partial charge in [-0.15, -0.1) is 11.8 Å². The van der Waals surface area contributed by atoms with Crippen LogP contribution in [0.2, 0.25) is 0 Å². The van der Waals surface area contributed by atoms with E-state index in [9.17, 15) is 9.59 Å². The van der Waals surface area contributed by atoms with Gasteiger partial charge in [-0.25, -0.2) is 14.3 Å². The Balaban J connectivity index is 1.92. The van der Waals surface area contributed by atoms with E-state index in [-0.39, 0.29) is 12.2 Å². The summed E-state index contributed by atoms with van der Waals surface area (Å²) >= 11 is 1.66. The van der Waals surface area contributed by atoms with Crippen molar-refractivity contribution in [3.05, 3.63) is 65.4 Å². The minimum Gasteiger partial charge on any atom is -0.478 e. The first kappa shape index (κ1) is 17.4. The number of carbonyl (C=O) groups excluding carboxylic acids is 1. The number of carboxylic acids is 1. The molecule has 136 valence electrons. The first-order chi connectivity index (χ1) is 13.1. The summed E-state index contributed by atoms with van der Waals surface area (Å²) in [7, 11) is 0. The maximum atomic E-state index is 12.4. The van der Waals surface area contributed by atoms with Crippen molar-refractivity contribution in [1.29, 1.82) is 0 Å². The molecule has 0 radical (unpaired) electrons. The molecule has 0 saturated heterocycles. The summed E-state index contributed by atoms with van der Waals surface area (Å²) in [5, 5.41) is 13.7. The molecule has 0 amide bonds.